The van der Waals surface area contributed by atoms with Crippen molar-refractivity contribution in [3.63, 3.8) is 0 Å². The van der Waals surface area contributed by atoms with Gasteiger partial charge >= 0.3 is 0 Å². The third-order valence-electron chi connectivity index (χ3n) is 3.38. The molecule has 1 aromatic rings. The Morgan fingerprint density at radius 3 is 2.67 bits per heavy atom. The molecule has 3 N–H and O–H groups in total. The van der Waals surface area contributed by atoms with Crippen LogP contribution in [0.3, 0.4) is 0 Å². The van der Waals surface area contributed by atoms with Gasteiger partial charge in [-0.05, 0) is 33.1 Å². The van der Waals surface area contributed by atoms with E-state index in [-0.39, 0.29) is 6.61 Å². The highest BCUT2D eigenvalue weighted by molar-refractivity contribution is 5.56. The number of hydrogen-bond donors (Lipinski definition) is 2. The van der Waals surface area contributed by atoms with Crippen LogP contribution in [0.1, 0.15) is 43.5 Å². The normalized spacial score (nSPS) is 14.8. The Hall–Kier alpha value is -1.36. The van der Waals surface area contributed by atoms with E-state index in [1.807, 2.05) is 6.92 Å². The van der Waals surface area contributed by atoms with Crippen LogP contribution >= 0.6 is 0 Å². The number of rotatable bonds is 6. The second kappa shape index (κ2) is 5.52. The monoisotopic (exact) mass is 250 g/mol. The number of hydrogen-bond acceptors (Lipinski definition) is 5. The van der Waals surface area contributed by atoms with Gasteiger partial charge in [-0.15, -0.1) is 0 Å². The molecule has 1 aliphatic rings. The summed E-state index contributed by atoms with van der Waals surface area (Å²) in [4.78, 5) is 11.2. The van der Waals surface area contributed by atoms with Crippen molar-refractivity contribution >= 4 is 11.6 Å². The number of aromatic nitrogens is 2. The third kappa shape index (κ3) is 2.72. The van der Waals surface area contributed by atoms with Crippen LogP contribution in [-0.2, 0) is 0 Å². The maximum Gasteiger partial charge on any atom is 0.137 e. The van der Waals surface area contributed by atoms with E-state index in [9.17, 15) is 0 Å². The quantitative estimate of drug-likeness (QED) is 0.799. The molecule has 0 aliphatic heterocycles. The molecule has 0 bridgehead atoms. The van der Waals surface area contributed by atoms with Crippen LogP contribution in [0.15, 0.2) is 0 Å². The van der Waals surface area contributed by atoms with Gasteiger partial charge in [0.1, 0.15) is 17.5 Å². The van der Waals surface area contributed by atoms with E-state index in [0.717, 1.165) is 36.7 Å². The number of aliphatic hydroxyl groups is 1. The van der Waals surface area contributed by atoms with Gasteiger partial charge in [0.2, 0.25) is 0 Å². The summed E-state index contributed by atoms with van der Waals surface area (Å²) in [6, 6.07) is 0. The Bertz CT molecular complexity index is 418. The molecule has 1 heterocycles. The van der Waals surface area contributed by atoms with Gasteiger partial charge in [0.15, 0.2) is 0 Å². The van der Waals surface area contributed by atoms with Crippen molar-refractivity contribution in [2.24, 2.45) is 0 Å². The second-order valence-corrected chi connectivity index (χ2v) is 4.85. The SMILES string of the molecule is CCN(CCCO)c1nc(C2CC2)nc(N)c1C. The summed E-state index contributed by atoms with van der Waals surface area (Å²) in [7, 11) is 0. The Kier molecular flexibility index (Phi) is 4.01. The van der Waals surface area contributed by atoms with Crippen LogP contribution in [-0.4, -0.2) is 34.8 Å². The summed E-state index contributed by atoms with van der Waals surface area (Å²) in [6.45, 7) is 5.91. The molecule has 1 aromatic heterocycles. The molecular formula is C13H22N4O. The molecule has 0 saturated heterocycles. The minimum atomic E-state index is 0.200. The predicted octanol–water partition coefficient (Wildman–Crippen LogP) is 1.45. The number of nitrogen functional groups attached to an aromatic ring is 1. The standard InChI is InChI=1S/C13H22N4O/c1-3-17(7-4-8-18)13-9(2)11(14)15-12(16-13)10-5-6-10/h10,18H,3-8H2,1-2H3,(H2,14,15,16). The number of nitrogens with two attached hydrogens (primary N) is 1. The Labute approximate surface area is 108 Å². The highest BCUT2D eigenvalue weighted by atomic mass is 16.3. The molecule has 5 heteroatoms. The lowest BCUT2D eigenvalue weighted by molar-refractivity contribution is 0.289. The Balaban J connectivity index is 2.28. The first-order valence-corrected chi connectivity index (χ1v) is 6.67. The first-order chi connectivity index (χ1) is 8.67. The molecule has 5 nitrogen and oxygen atoms in total. The fourth-order valence-corrected chi connectivity index (χ4v) is 2.05. The molecule has 100 valence electrons. The Morgan fingerprint density at radius 2 is 2.11 bits per heavy atom. The van der Waals surface area contributed by atoms with E-state index in [1.54, 1.807) is 0 Å². The van der Waals surface area contributed by atoms with Crippen LogP contribution in [0.25, 0.3) is 0 Å². The number of anilines is 2. The molecule has 0 unspecified atom stereocenters. The van der Waals surface area contributed by atoms with E-state index >= 15 is 0 Å². The minimum Gasteiger partial charge on any atom is -0.396 e. The molecular weight excluding hydrogens is 228 g/mol. The lowest BCUT2D eigenvalue weighted by Gasteiger charge is -2.24. The van der Waals surface area contributed by atoms with Crippen LogP contribution in [0.2, 0.25) is 0 Å². The molecule has 1 fully saturated rings. The molecule has 2 rings (SSSR count). The summed E-state index contributed by atoms with van der Waals surface area (Å²) in [5, 5.41) is 8.95. The van der Waals surface area contributed by atoms with Crippen molar-refractivity contribution in [1.82, 2.24) is 9.97 Å². The zero-order valence-electron chi connectivity index (χ0n) is 11.2. The molecule has 1 aliphatic carbocycles. The fourth-order valence-electron chi connectivity index (χ4n) is 2.05. The molecule has 0 radical (unpaired) electrons. The van der Waals surface area contributed by atoms with E-state index in [2.05, 4.69) is 21.8 Å². The first kappa shape index (κ1) is 13.1. The molecule has 18 heavy (non-hydrogen) atoms. The smallest absolute Gasteiger partial charge is 0.137 e. The Morgan fingerprint density at radius 1 is 1.39 bits per heavy atom. The highest BCUT2D eigenvalue weighted by Crippen LogP contribution is 2.39. The summed E-state index contributed by atoms with van der Waals surface area (Å²) < 4.78 is 0. The summed E-state index contributed by atoms with van der Waals surface area (Å²) in [5.74, 6) is 2.91. The van der Waals surface area contributed by atoms with Crippen LogP contribution in [0.4, 0.5) is 11.6 Å². The molecule has 0 atom stereocenters. The summed E-state index contributed by atoms with van der Waals surface area (Å²) in [5.41, 5.74) is 6.92. The van der Waals surface area contributed by atoms with E-state index < -0.39 is 0 Å². The van der Waals surface area contributed by atoms with Gasteiger partial charge in [0.05, 0.1) is 0 Å². The maximum absolute atomic E-state index is 8.95. The number of nitrogens with zero attached hydrogens (tertiary/aromatic N) is 3. The van der Waals surface area contributed by atoms with Gasteiger partial charge < -0.3 is 15.7 Å². The zero-order chi connectivity index (χ0) is 13.1. The van der Waals surface area contributed by atoms with Crippen molar-refractivity contribution in [3.05, 3.63) is 11.4 Å². The van der Waals surface area contributed by atoms with Crippen LogP contribution in [0.5, 0.6) is 0 Å². The average molecular weight is 250 g/mol. The van der Waals surface area contributed by atoms with Gasteiger partial charge in [-0.3, -0.25) is 0 Å². The minimum absolute atomic E-state index is 0.200. The number of aliphatic hydroxyl groups excluding tert-OH is 1. The van der Waals surface area contributed by atoms with Gasteiger partial charge in [-0.2, -0.15) is 0 Å². The lowest BCUT2D eigenvalue weighted by Crippen LogP contribution is -2.27. The molecule has 0 aromatic carbocycles. The van der Waals surface area contributed by atoms with Gasteiger partial charge in [0, 0.05) is 31.2 Å². The van der Waals surface area contributed by atoms with Crippen LogP contribution < -0.4 is 10.6 Å². The van der Waals surface area contributed by atoms with Crippen molar-refractivity contribution in [2.45, 2.75) is 39.0 Å². The van der Waals surface area contributed by atoms with E-state index in [1.165, 1.54) is 12.8 Å². The summed E-state index contributed by atoms with van der Waals surface area (Å²) in [6.07, 6.45) is 3.09. The average Bonchev–Trinajstić information content (AvgIpc) is 3.19. The maximum atomic E-state index is 8.95. The zero-order valence-corrected chi connectivity index (χ0v) is 11.2. The van der Waals surface area contributed by atoms with Gasteiger partial charge in [-0.1, -0.05) is 0 Å². The predicted molar refractivity (Wildman–Crippen MR) is 72.7 cm³/mol. The van der Waals surface area contributed by atoms with E-state index in [0.29, 0.717) is 11.7 Å². The van der Waals surface area contributed by atoms with Crippen LogP contribution in [0, 0.1) is 6.92 Å². The third-order valence-corrected chi connectivity index (χ3v) is 3.38. The van der Waals surface area contributed by atoms with E-state index in [4.69, 9.17) is 10.8 Å². The van der Waals surface area contributed by atoms with Gasteiger partial charge in [0.25, 0.3) is 0 Å². The van der Waals surface area contributed by atoms with Crippen molar-refractivity contribution in [3.8, 4) is 0 Å². The largest absolute Gasteiger partial charge is 0.396 e. The van der Waals surface area contributed by atoms with Crippen molar-refractivity contribution < 1.29 is 5.11 Å². The fraction of sp³-hybridized carbons (Fsp3) is 0.692. The van der Waals surface area contributed by atoms with Gasteiger partial charge in [-0.25, -0.2) is 9.97 Å². The summed E-state index contributed by atoms with van der Waals surface area (Å²) >= 11 is 0. The first-order valence-electron chi connectivity index (χ1n) is 6.67. The lowest BCUT2D eigenvalue weighted by atomic mass is 10.2. The highest BCUT2D eigenvalue weighted by Gasteiger charge is 2.28. The second-order valence-electron chi connectivity index (χ2n) is 4.85. The molecule has 0 amide bonds. The topological polar surface area (TPSA) is 75.3 Å². The van der Waals surface area contributed by atoms with Crippen molar-refractivity contribution in [2.75, 3.05) is 30.3 Å². The van der Waals surface area contributed by atoms with Crippen molar-refractivity contribution in [1.29, 1.82) is 0 Å². The molecule has 0 spiro atoms. The molecule has 1 saturated carbocycles.